The second kappa shape index (κ2) is 3.62. The highest BCUT2D eigenvalue weighted by atomic mass is 32.1. The van der Waals surface area contributed by atoms with E-state index in [4.69, 9.17) is 0 Å². The van der Waals surface area contributed by atoms with Crippen LogP contribution in [0.15, 0.2) is 0 Å². The third-order valence-corrected chi connectivity index (χ3v) is 5.95. The van der Waals surface area contributed by atoms with Crippen molar-refractivity contribution in [1.82, 2.24) is 10.2 Å². The Morgan fingerprint density at radius 3 is 2.53 bits per heavy atom. The SMILES string of the molecule is Cc1nnc(N2C(=O)[C@@H]3CC[C@](C)(C2=O)C3(C)C)s1. The van der Waals surface area contributed by atoms with E-state index in [0.29, 0.717) is 5.13 Å². The van der Waals surface area contributed by atoms with Crippen molar-refractivity contribution in [3.8, 4) is 0 Å². The summed E-state index contributed by atoms with van der Waals surface area (Å²) in [6.45, 7) is 7.86. The summed E-state index contributed by atoms with van der Waals surface area (Å²) in [6.07, 6.45) is 1.55. The maximum absolute atomic E-state index is 12.8. The molecule has 0 spiro atoms. The molecule has 1 aliphatic heterocycles. The van der Waals surface area contributed by atoms with Crippen LogP contribution >= 0.6 is 11.3 Å². The molecule has 0 unspecified atom stereocenters. The van der Waals surface area contributed by atoms with E-state index >= 15 is 0 Å². The average Bonchev–Trinajstić information content (AvgIpc) is 2.80. The number of carbonyl (C=O) groups excluding carboxylic acids is 2. The summed E-state index contributed by atoms with van der Waals surface area (Å²) >= 11 is 1.29. The van der Waals surface area contributed by atoms with Crippen molar-refractivity contribution in [2.75, 3.05) is 4.90 Å². The molecule has 2 fully saturated rings. The Kier molecular flexibility index (Phi) is 2.43. The van der Waals surface area contributed by atoms with Crippen molar-refractivity contribution in [2.45, 2.75) is 40.5 Å². The number of hydrogen-bond donors (Lipinski definition) is 0. The van der Waals surface area contributed by atoms with Gasteiger partial charge in [0.1, 0.15) is 5.01 Å². The summed E-state index contributed by atoms with van der Waals surface area (Å²) in [5.74, 6) is -0.326. The summed E-state index contributed by atoms with van der Waals surface area (Å²) in [5.41, 5.74) is -0.761. The normalized spacial score (nSPS) is 33.1. The molecule has 2 bridgehead atoms. The van der Waals surface area contributed by atoms with Gasteiger partial charge in [0.15, 0.2) is 0 Å². The molecule has 6 heteroatoms. The third-order valence-electron chi connectivity index (χ3n) is 5.13. The van der Waals surface area contributed by atoms with Gasteiger partial charge in [-0.2, -0.15) is 0 Å². The van der Waals surface area contributed by atoms with Gasteiger partial charge in [0.05, 0.1) is 5.41 Å². The Labute approximate surface area is 116 Å². The minimum atomic E-state index is -0.481. The first kappa shape index (κ1) is 12.7. The van der Waals surface area contributed by atoms with Crippen LogP contribution in [0.25, 0.3) is 0 Å². The maximum atomic E-state index is 12.8. The van der Waals surface area contributed by atoms with E-state index in [-0.39, 0.29) is 23.1 Å². The number of aromatic nitrogens is 2. The fourth-order valence-electron chi connectivity index (χ4n) is 3.38. The van der Waals surface area contributed by atoms with Gasteiger partial charge in [-0.3, -0.25) is 9.59 Å². The van der Waals surface area contributed by atoms with Crippen molar-refractivity contribution in [3.63, 3.8) is 0 Å². The van der Waals surface area contributed by atoms with E-state index < -0.39 is 5.41 Å². The van der Waals surface area contributed by atoms with E-state index in [1.165, 1.54) is 16.2 Å². The number of hydrogen-bond acceptors (Lipinski definition) is 5. The van der Waals surface area contributed by atoms with E-state index in [1.54, 1.807) is 0 Å². The van der Waals surface area contributed by atoms with Crippen molar-refractivity contribution in [1.29, 1.82) is 0 Å². The smallest absolute Gasteiger partial charge is 0.242 e. The van der Waals surface area contributed by atoms with Gasteiger partial charge >= 0.3 is 0 Å². The minimum Gasteiger partial charge on any atom is -0.274 e. The summed E-state index contributed by atoms with van der Waals surface area (Å²) in [5, 5.41) is 9.06. The number of piperidine rings is 1. The Bertz CT molecular complexity index is 580. The molecule has 1 aromatic heterocycles. The molecule has 2 aliphatic rings. The second-order valence-electron chi connectivity index (χ2n) is 6.23. The molecule has 3 rings (SSSR count). The van der Waals surface area contributed by atoms with Crippen molar-refractivity contribution >= 4 is 28.3 Å². The molecule has 102 valence electrons. The van der Waals surface area contributed by atoms with Gasteiger partial charge in [-0.15, -0.1) is 10.2 Å². The quantitative estimate of drug-likeness (QED) is 0.739. The van der Waals surface area contributed by atoms with Gasteiger partial charge in [-0.25, -0.2) is 4.90 Å². The predicted octanol–water partition coefficient (Wildman–Crippen LogP) is 2.16. The zero-order valence-corrected chi connectivity index (χ0v) is 12.4. The Balaban J connectivity index is 2.11. The third kappa shape index (κ3) is 1.40. The molecule has 1 saturated carbocycles. The van der Waals surface area contributed by atoms with Crippen LogP contribution in [0.5, 0.6) is 0 Å². The summed E-state index contributed by atoms with van der Waals surface area (Å²) in [6, 6.07) is 0. The number of carbonyl (C=O) groups is 2. The summed E-state index contributed by atoms with van der Waals surface area (Å²) in [7, 11) is 0. The molecule has 2 atom stereocenters. The number of imide groups is 1. The zero-order valence-electron chi connectivity index (χ0n) is 11.6. The Morgan fingerprint density at radius 1 is 1.26 bits per heavy atom. The minimum absolute atomic E-state index is 0.0978. The average molecular weight is 279 g/mol. The van der Waals surface area contributed by atoms with Gasteiger partial charge in [0.25, 0.3) is 0 Å². The van der Waals surface area contributed by atoms with Gasteiger partial charge < -0.3 is 0 Å². The van der Waals surface area contributed by atoms with Gasteiger partial charge in [0.2, 0.25) is 16.9 Å². The lowest BCUT2D eigenvalue weighted by molar-refractivity contribution is -0.146. The second-order valence-corrected chi connectivity index (χ2v) is 7.39. The van der Waals surface area contributed by atoms with Crippen molar-refractivity contribution in [2.24, 2.45) is 16.7 Å². The molecule has 1 aliphatic carbocycles. The van der Waals surface area contributed by atoms with Crippen molar-refractivity contribution in [3.05, 3.63) is 5.01 Å². The number of rotatable bonds is 1. The first-order valence-electron chi connectivity index (χ1n) is 6.47. The first-order valence-corrected chi connectivity index (χ1v) is 7.29. The van der Waals surface area contributed by atoms with Crippen LogP contribution in [0.1, 0.15) is 38.6 Å². The number of fused-ring (bicyclic) bond motifs is 2. The van der Waals surface area contributed by atoms with E-state index in [9.17, 15) is 9.59 Å². The van der Waals surface area contributed by atoms with Crippen LogP contribution in [0.3, 0.4) is 0 Å². The Hall–Kier alpha value is -1.30. The van der Waals surface area contributed by atoms with Crippen LogP contribution in [0, 0.1) is 23.7 Å². The molecular formula is C13H17N3O2S. The van der Waals surface area contributed by atoms with Crippen LogP contribution in [0.4, 0.5) is 5.13 Å². The zero-order chi connectivity index (χ0) is 14.0. The number of anilines is 1. The largest absolute Gasteiger partial charge is 0.274 e. The highest BCUT2D eigenvalue weighted by molar-refractivity contribution is 7.15. The van der Waals surface area contributed by atoms with E-state index in [1.807, 2.05) is 27.7 Å². The van der Waals surface area contributed by atoms with Crippen LogP contribution < -0.4 is 4.90 Å². The standard InChI is InChI=1S/C13H17N3O2S/c1-7-14-15-11(19-7)16-9(17)8-5-6-13(4,10(16)18)12(8,2)3/h8H,5-6H2,1-4H3/t8-,13+/m0/s1. The highest BCUT2D eigenvalue weighted by Crippen LogP contribution is 2.60. The molecule has 2 amide bonds. The molecule has 1 saturated heterocycles. The topological polar surface area (TPSA) is 63.2 Å². The Morgan fingerprint density at radius 2 is 1.95 bits per heavy atom. The monoisotopic (exact) mass is 279 g/mol. The fraction of sp³-hybridized carbons (Fsp3) is 0.692. The predicted molar refractivity (Wildman–Crippen MR) is 71.8 cm³/mol. The molecule has 5 nitrogen and oxygen atoms in total. The number of amides is 2. The lowest BCUT2D eigenvalue weighted by atomic mass is 9.62. The van der Waals surface area contributed by atoms with Crippen LogP contribution in [-0.4, -0.2) is 22.0 Å². The van der Waals surface area contributed by atoms with Gasteiger partial charge in [0, 0.05) is 5.92 Å². The molecule has 19 heavy (non-hydrogen) atoms. The van der Waals surface area contributed by atoms with Gasteiger partial charge in [-0.1, -0.05) is 32.1 Å². The number of nitrogens with zero attached hydrogens (tertiary/aromatic N) is 3. The molecule has 0 N–H and O–H groups in total. The summed E-state index contributed by atoms with van der Waals surface area (Å²) < 4.78 is 0. The maximum Gasteiger partial charge on any atom is 0.242 e. The lowest BCUT2D eigenvalue weighted by Crippen LogP contribution is -2.59. The molecular weight excluding hydrogens is 262 g/mol. The van der Waals surface area contributed by atoms with E-state index in [2.05, 4.69) is 10.2 Å². The summed E-state index contributed by atoms with van der Waals surface area (Å²) in [4.78, 5) is 26.7. The van der Waals surface area contributed by atoms with E-state index in [0.717, 1.165) is 17.8 Å². The lowest BCUT2D eigenvalue weighted by Gasteiger charge is -2.46. The van der Waals surface area contributed by atoms with Crippen LogP contribution in [-0.2, 0) is 9.59 Å². The molecule has 0 aromatic carbocycles. The molecule has 2 heterocycles. The van der Waals surface area contributed by atoms with Crippen LogP contribution in [0.2, 0.25) is 0 Å². The number of aryl methyl sites for hydroxylation is 1. The van der Waals surface area contributed by atoms with Gasteiger partial charge in [-0.05, 0) is 25.2 Å². The van der Waals surface area contributed by atoms with Crippen molar-refractivity contribution < 1.29 is 9.59 Å². The molecule has 1 aromatic rings. The fourth-order valence-corrected chi connectivity index (χ4v) is 4.07. The molecule has 0 radical (unpaired) electrons. The highest BCUT2D eigenvalue weighted by Gasteiger charge is 2.65. The first-order chi connectivity index (χ1) is 8.79.